The second kappa shape index (κ2) is 6.76. The molecular weight excluding hydrogens is 310 g/mol. The maximum absolute atomic E-state index is 12.8. The second-order valence-corrected chi connectivity index (χ2v) is 6.40. The lowest BCUT2D eigenvalue weighted by Crippen LogP contribution is -2.57. The minimum atomic E-state index is -1.59. The Balaban J connectivity index is 2.64. The molecule has 0 spiro atoms. The summed E-state index contributed by atoms with van der Waals surface area (Å²) in [6, 6.07) is 2.30. The van der Waals surface area contributed by atoms with Crippen molar-refractivity contribution in [2.24, 2.45) is 16.7 Å². The smallest absolute Gasteiger partial charge is 0.323 e. The number of fused-ring (bicyclic) bond motifs is 1. The zero-order valence-electron chi connectivity index (χ0n) is 14.4. The fraction of sp³-hybridized carbons (Fsp3) is 0.667. The Morgan fingerprint density at radius 2 is 1.83 bits per heavy atom. The quantitative estimate of drug-likeness (QED) is 0.579. The predicted octanol–water partition coefficient (Wildman–Crippen LogP) is 2.33. The summed E-state index contributed by atoms with van der Waals surface area (Å²) in [6.07, 6.45) is 2.71. The lowest BCUT2D eigenvalue weighted by Gasteiger charge is -2.50. The fourth-order valence-electron chi connectivity index (χ4n) is 4.18. The van der Waals surface area contributed by atoms with Crippen LogP contribution in [0.2, 0.25) is 0 Å². The van der Waals surface area contributed by atoms with Crippen LogP contribution in [0.1, 0.15) is 46.5 Å². The Morgan fingerprint density at radius 3 is 2.33 bits per heavy atom. The van der Waals surface area contributed by atoms with Gasteiger partial charge in [0.2, 0.25) is 0 Å². The van der Waals surface area contributed by atoms with Crippen molar-refractivity contribution in [2.75, 3.05) is 13.2 Å². The van der Waals surface area contributed by atoms with E-state index in [1.807, 2.05) is 0 Å². The Hall–Kier alpha value is -2.16. The highest BCUT2D eigenvalue weighted by Gasteiger charge is 2.65. The maximum atomic E-state index is 12.8. The van der Waals surface area contributed by atoms with Crippen molar-refractivity contribution in [1.82, 2.24) is 0 Å². The number of carbonyl (C=O) groups is 3. The lowest BCUT2D eigenvalue weighted by atomic mass is 9.49. The van der Waals surface area contributed by atoms with Crippen LogP contribution in [0.5, 0.6) is 0 Å². The predicted molar refractivity (Wildman–Crippen MR) is 84.5 cm³/mol. The minimum Gasteiger partial charge on any atom is -0.465 e. The van der Waals surface area contributed by atoms with Gasteiger partial charge in [-0.2, -0.15) is 5.26 Å². The summed E-state index contributed by atoms with van der Waals surface area (Å²) in [5.41, 5.74) is -1.99. The van der Waals surface area contributed by atoms with E-state index >= 15 is 0 Å². The van der Waals surface area contributed by atoms with Crippen molar-refractivity contribution in [3.8, 4) is 6.07 Å². The van der Waals surface area contributed by atoms with E-state index < -0.39 is 28.7 Å². The molecular formula is C18H23NO5. The molecule has 0 aromatic heterocycles. The van der Waals surface area contributed by atoms with Gasteiger partial charge in [-0.05, 0) is 51.7 Å². The first-order valence-electron chi connectivity index (χ1n) is 8.36. The first-order chi connectivity index (χ1) is 11.4. The van der Waals surface area contributed by atoms with Gasteiger partial charge in [0.05, 0.1) is 24.7 Å². The molecule has 1 saturated carbocycles. The molecule has 0 bridgehead atoms. The van der Waals surface area contributed by atoms with Gasteiger partial charge in [-0.15, -0.1) is 0 Å². The number of rotatable bonds is 4. The number of carbonyl (C=O) groups excluding carboxylic acids is 3. The number of nitriles is 1. The standard InChI is InChI=1S/C18H23NO5/c1-4-23-15(21)18(16(22)24-5-2)8-6-7-17(11-19)12(3)9-13(20)10-14(17)18/h9,14H,4-8,10H2,1-3H3/t14-,17+/m0/s1. The molecule has 130 valence electrons. The molecule has 6 heteroatoms. The molecule has 2 rings (SSSR count). The number of esters is 2. The zero-order chi connectivity index (χ0) is 18.0. The van der Waals surface area contributed by atoms with Crippen molar-refractivity contribution in [2.45, 2.75) is 46.5 Å². The molecule has 6 nitrogen and oxygen atoms in total. The molecule has 0 aliphatic heterocycles. The SMILES string of the molecule is CCOC(=O)C1(C(=O)OCC)CCC[C@@]2(C#N)C(C)=CC(=O)C[C@H]12. The topological polar surface area (TPSA) is 93.5 Å². The Labute approximate surface area is 141 Å². The molecule has 0 unspecified atom stereocenters. The first-order valence-corrected chi connectivity index (χ1v) is 8.36. The van der Waals surface area contributed by atoms with Crippen LogP contribution >= 0.6 is 0 Å². The van der Waals surface area contributed by atoms with E-state index in [0.29, 0.717) is 18.4 Å². The molecule has 2 aliphatic carbocycles. The third-order valence-electron chi connectivity index (χ3n) is 5.30. The molecule has 0 aromatic rings. The van der Waals surface area contributed by atoms with Crippen LogP contribution in [0, 0.1) is 28.1 Å². The minimum absolute atomic E-state index is 0.0253. The maximum Gasteiger partial charge on any atom is 0.323 e. The van der Waals surface area contributed by atoms with Gasteiger partial charge in [-0.25, -0.2) is 0 Å². The molecule has 0 N–H and O–H groups in total. The van der Waals surface area contributed by atoms with Crippen molar-refractivity contribution >= 4 is 17.7 Å². The van der Waals surface area contributed by atoms with Crippen LogP contribution in [0.25, 0.3) is 0 Å². The number of ether oxygens (including phenoxy) is 2. The van der Waals surface area contributed by atoms with Crippen LogP contribution in [-0.2, 0) is 23.9 Å². The molecule has 24 heavy (non-hydrogen) atoms. The summed E-state index contributed by atoms with van der Waals surface area (Å²) in [5, 5.41) is 9.88. The van der Waals surface area contributed by atoms with E-state index in [0.717, 1.165) is 0 Å². The van der Waals surface area contributed by atoms with Crippen molar-refractivity contribution in [1.29, 1.82) is 5.26 Å². The van der Waals surface area contributed by atoms with Gasteiger partial charge in [0.1, 0.15) is 0 Å². The highest BCUT2D eigenvalue weighted by Crippen LogP contribution is 2.58. The average molecular weight is 333 g/mol. The monoisotopic (exact) mass is 333 g/mol. The van der Waals surface area contributed by atoms with E-state index in [1.165, 1.54) is 6.08 Å². The van der Waals surface area contributed by atoms with Gasteiger partial charge in [0.15, 0.2) is 11.2 Å². The zero-order valence-corrected chi connectivity index (χ0v) is 14.4. The molecule has 0 amide bonds. The molecule has 0 aromatic carbocycles. The number of ketones is 1. The van der Waals surface area contributed by atoms with Gasteiger partial charge in [-0.1, -0.05) is 0 Å². The van der Waals surface area contributed by atoms with Gasteiger partial charge in [-0.3, -0.25) is 14.4 Å². The summed E-state index contributed by atoms with van der Waals surface area (Å²) in [6.45, 7) is 5.28. The van der Waals surface area contributed by atoms with E-state index in [4.69, 9.17) is 9.47 Å². The summed E-state index contributed by atoms with van der Waals surface area (Å²) < 4.78 is 10.4. The summed E-state index contributed by atoms with van der Waals surface area (Å²) in [7, 11) is 0. The number of hydrogen-bond acceptors (Lipinski definition) is 6. The van der Waals surface area contributed by atoms with E-state index in [1.54, 1.807) is 20.8 Å². The Morgan fingerprint density at radius 1 is 1.25 bits per heavy atom. The lowest BCUT2D eigenvalue weighted by molar-refractivity contribution is -0.184. The van der Waals surface area contributed by atoms with Crippen molar-refractivity contribution < 1.29 is 23.9 Å². The van der Waals surface area contributed by atoms with Gasteiger partial charge >= 0.3 is 11.9 Å². The van der Waals surface area contributed by atoms with Gasteiger partial charge in [0, 0.05) is 12.3 Å². The summed E-state index contributed by atoms with van der Waals surface area (Å²) >= 11 is 0. The van der Waals surface area contributed by atoms with E-state index in [-0.39, 0.29) is 31.8 Å². The van der Waals surface area contributed by atoms with Crippen LogP contribution in [0.4, 0.5) is 0 Å². The Bertz CT molecular complexity index is 612. The summed E-state index contributed by atoms with van der Waals surface area (Å²) in [4.78, 5) is 37.7. The second-order valence-electron chi connectivity index (χ2n) is 6.40. The molecule has 0 saturated heterocycles. The van der Waals surface area contributed by atoms with Crippen LogP contribution < -0.4 is 0 Å². The highest BCUT2D eigenvalue weighted by atomic mass is 16.6. The molecule has 0 radical (unpaired) electrons. The van der Waals surface area contributed by atoms with Crippen LogP contribution in [-0.4, -0.2) is 30.9 Å². The third-order valence-corrected chi connectivity index (χ3v) is 5.30. The highest BCUT2D eigenvalue weighted by molar-refractivity contribution is 6.03. The molecule has 2 atom stereocenters. The Kier molecular flexibility index (Phi) is 5.12. The summed E-state index contributed by atoms with van der Waals surface area (Å²) in [5.74, 6) is -2.30. The van der Waals surface area contributed by atoms with Crippen LogP contribution in [0.15, 0.2) is 11.6 Å². The molecule has 0 heterocycles. The van der Waals surface area contributed by atoms with Crippen molar-refractivity contribution in [3.05, 3.63) is 11.6 Å². The number of nitrogens with zero attached hydrogens (tertiary/aromatic N) is 1. The normalized spacial score (nSPS) is 28.2. The fourth-order valence-corrected chi connectivity index (χ4v) is 4.18. The molecule has 1 fully saturated rings. The molecule has 2 aliphatic rings. The average Bonchev–Trinajstić information content (AvgIpc) is 2.54. The van der Waals surface area contributed by atoms with Crippen LogP contribution in [0.3, 0.4) is 0 Å². The third kappa shape index (κ3) is 2.52. The number of allylic oxidation sites excluding steroid dienone is 2. The van der Waals surface area contributed by atoms with E-state index in [2.05, 4.69) is 6.07 Å². The van der Waals surface area contributed by atoms with Crippen molar-refractivity contribution in [3.63, 3.8) is 0 Å². The number of hydrogen-bond donors (Lipinski definition) is 0. The largest absolute Gasteiger partial charge is 0.465 e. The van der Waals surface area contributed by atoms with E-state index in [9.17, 15) is 19.6 Å². The first kappa shape index (κ1) is 18.2. The van der Waals surface area contributed by atoms with Gasteiger partial charge < -0.3 is 9.47 Å². The van der Waals surface area contributed by atoms with Gasteiger partial charge in [0.25, 0.3) is 0 Å².